The lowest BCUT2D eigenvalue weighted by Crippen LogP contribution is -2.29. The van der Waals surface area contributed by atoms with E-state index >= 15 is 0 Å². The quantitative estimate of drug-likeness (QED) is 0.329. The lowest BCUT2D eigenvalue weighted by Gasteiger charge is -2.14. The number of nitrogens with zero attached hydrogens (tertiary/aromatic N) is 1. The number of alkyl halides is 3. The van der Waals surface area contributed by atoms with Crippen LogP contribution in [0.4, 0.5) is 18.9 Å². The number of hydrogen-bond acceptors (Lipinski definition) is 7. The van der Waals surface area contributed by atoms with Gasteiger partial charge in [0.2, 0.25) is 5.75 Å². The molecule has 8 nitrogen and oxygen atoms in total. The highest BCUT2D eigenvalue weighted by atomic mass is 35.5. The Labute approximate surface area is 188 Å². The van der Waals surface area contributed by atoms with Gasteiger partial charge < -0.3 is 24.1 Å². The van der Waals surface area contributed by atoms with Crippen molar-refractivity contribution in [3.8, 4) is 28.7 Å². The Morgan fingerprint density at radius 3 is 2.24 bits per heavy atom. The SMILES string of the molecule is O=C([O-])COc1ccccc1Oc1ccc([N+](=O)[O-])c(Oc2ccc(C(F)(F)F)cc2Cl)c1. The first-order valence-corrected chi connectivity index (χ1v) is 9.35. The molecule has 3 rings (SSSR count). The molecule has 12 heteroatoms. The molecule has 172 valence electrons. The fourth-order valence-electron chi connectivity index (χ4n) is 2.59. The van der Waals surface area contributed by atoms with E-state index in [1.54, 1.807) is 12.1 Å². The Morgan fingerprint density at radius 2 is 1.64 bits per heavy atom. The van der Waals surface area contributed by atoms with Gasteiger partial charge in [0.15, 0.2) is 11.5 Å². The minimum atomic E-state index is -4.63. The zero-order chi connectivity index (χ0) is 24.2. The van der Waals surface area contributed by atoms with Crippen molar-refractivity contribution in [1.82, 2.24) is 0 Å². The number of benzene rings is 3. The number of carbonyl (C=O) groups is 1. The summed E-state index contributed by atoms with van der Waals surface area (Å²) in [7, 11) is 0. The number of carboxylic acid groups (broad SMARTS) is 1. The second-order valence-corrected chi connectivity index (χ2v) is 6.75. The monoisotopic (exact) mass is 482 g/mol. The normalized spacial score (nSPS) is 11.0. The van der Waals surface area contributed by atoms with Gasteiger partial charge in [-0.15, -0.1) is 0 Å². The zero-order valence-corrected chi connectivity index (χ0v) is 17.1. The smallest absolute Gasteiger partial charge is 0.416 e. The number of carboxylic acids is 1. The molecule has 0 heterocycles. The summed E-state index contributed by atoms with van der Waals surface area (Å²) in [6.45, 7) is -0.735. The molecule has 0 saturated heterocycles. The van der Waals surface area contributed by atoms with Crippen LogP contribution in [0.25, 0.3) is 0 Å². The molecule has 0 radical (unpaired) electrons. The summed E-state index contributed by atoms with van der Waals surface area (Å²) in [5.74, 6) is -1.87. The molecule has 0 aliphatic heterocycles. The molecular weight excluding hydrogens is 471 g/mol. The summed E-state index contributed by atoms with van der Waals surface area (Å²) in [6.07, 6.45) is -4.63. The summed E-state index contributed by atoms with van der Waals surface area (Å²) < 4.78 is 54.6. The maximum absolute atomic E-state index is 12.8. The van der Waals surface area contributed by atoms with Crippen LogP contribution in [0.2, 0.25) is 5.02 Å². The molecular formula is C21H12ClF3NO7-. The molecule has 3 aromatic rings. The van der Waals surface area contributed by atoms with E-state index in [-0.39, 0.29) is 28.7 Å². The lowest BCUT2D eigenvalue weighted by molar-refractivity contribution is -0.385. The van der Waals surface area contributed by atoms with Gasteiger partial charge in [-0.05, 0) is 36.4 Å². The number of ether oxygens (including phenoxy) is 3. The second kappa shape index (κ2) is 9.65. The van der Waals surface area contributed by atoms with Crippen molar-refractivity contribution in [2.24, 2.45) is 0 Å². The third-order valence-electron chi connectivity index (χ3n) is 4.03. The van der Waals surface area contributed by atoms with Gasteiger partial charge in [-0.1, -0.05) is 23.7 Å². The Hall–Kier alpha value is -3.99. The van der Waals surface area contributed by atoms with E-state index in [2.05, 4.69) is 0 Å². The Kier molecular flexibility index (Phi) is 6.92. The van der Waals surface area contributed by atoms with E-state index in [1.807, 2.05) is 0 Å². The highest BCUT2D eigenvalue weighted by Gasteiger charge is 2.31. The van der Waals surface area contributed by atoms with Crippen molar-refractivity contribution in [2.75, 3.05) is 6.61 Å². The largest absolute Gasteiger partial charge is 0.546 e. The van der Waals surface area contributed by atoms with Crippen molar-refractivity contribution in [3.63, 3.8) is 0 Å². The fourth-order valence-corrected chi connectivity index (χ4v) is 2.81. The minimum Gasteiger partial charge on any atom is -0.546 e. The van der Waals surface area contributed by atoms with E-state index in [1.165, 1.54) is 18.2 Å². The van der Waals surface area contributed by atoms with Crippen LogP contribution in [-0.2, 0) is 11.0 Å². The predicted octanol–water partition coefficient (Wildman–Crippen LogP) is 4.98. The topological polar surface area (TPSA) is 111 Å². The van der Waals surface area contributed by atoms with Crippen LogP contribution in [-0.4, -0.2) is 17.5 Å². The Bertz CT molecular complexity index is 1200. The van der Waals surface area contributed by atoms with Crippen LogP contribution in [0.1, 0.15) is 5.56 Å². The standard InChI is InChI=1S/C21H13ClF3NO7/c22-14-9-12(21(23,24)25)5-8-16(14)33-19-10-13(6-7-15(19)26(29)30)32-18-4-2-1-3-17(18)31-11-20(27)28/h1-10H,11H2,(H,27,28)/p-1. The maximum atomic E-state index is 12.8. The number of aliphatic carboxylic acids is 1. The molecule has 0 aliphatic carbocycles. The number of hydrogen-bond donors (Lipinski definition) is 0. The zero-order valence-electron chi connectivity index (χ0n) is 16.3. The highest BCUT2D eigenvalue weighted by Crippen LogP contribution is 2.41. The van der Waals surface area contributed by atoms with Crippen LogP contribution in [0.5, 0.6) is 28.7 Å². The number of halogens is 4. The summed E-state index contributed by atoms with van der Waals surface area (Å²) in [5.41, 5.74) is -1.51. The maximum Gasteiger partial charge on any atom is 0.416 e. The summed E-state index contributed by atoms with van der Waals surface area (Å²) in [6, 6.07) is 11.8. The van der Waals surface area contributed by atoms with Gasteiger partial charge >= 0.3 is 11.9 Å². The van der Waals surface area contributed by atoms with Crippen LogP contribution in [0, 0.1) is 10.1 Å². The van der Waals surface area contributed by atoms with E-state index in [4.69, 9.17) is 25.8 Å². The molecule has 0 spiro atoms. The summed E-state index contributed by atoms with van der Waals surface area (Å²) in [4.78, 5) is 21.3. The molecule has 0 atom stereocenters. The van der Waals surface area contributed by atoms with Crippen molar-refractivity contribution in [1.29, 1.82) is 0 Å². The molecule has 0 aromatic heterocycles. The number of carbonyl (C=O) groups excluding carboxylic acids is 1. The van der Waals surface area contributed by atoms with Crippen LogP contribution < -0.4 is 19.3 Å². The molecule has 0 amide bonds. The third-order valence-corrected chi connectivity index (χ3v) is 4.32. The predicted molar refractivity (Wildman–Crippen MR) is 107 cm³/mol. The number of rotatable bonds is 8. The Morgan fingerprint density at radius 1 is 0.939 bits per heavy atom. The van der Waals surface area contributed by atoms with E-state index in [0.717, 1.165) is 24.3 Å². The van der Waals surface area contributed by atoms with E-state index < -0.39 is 39.9 Å². The Balaban J connectivity index is 1.92. The third kappa shape index (κ3) is 6.04. The van der Waals surface area contributed by atoms with Gasteiger partial charge in [-0.3, -0.25) is 10.1 Å². The molecule has 0 saturated carbocycles. The van der Waals surface area contributed by atoms with Gasteiger partial charge in [-0.25, -0.2) is 0 Å². The molecule has 0 fully saturated rings. The summed E-state index contributed by atoms with van der Waals surface area (Å²) in [5, 5.41) is 21.6. The molecule has 0 aliphatic rings. The van der Waals surface area contributed by atoms with E-state index in [9.17, 15) is 33.2 Å². The fraction of sp³-hybridized carbons (Fsp3) is 0.0952. The van der Waals surface area contributed by atoms with E-state index in [0.29, 0.717) is 6.07 Å². The van der Waals surface area contributed by atoms with Gasteiger partial charge in [-0.2, -0.15) is 13.2 Å². The first-order chi connectivity index (χ1) is 15.5. The van der Waals surface area contributed by atoms with Crippen molar-refractivity contribution < 1.29 is 42.2 Å². The summed E-state index contributed by atoms with van der Waals surface area (Å²) >= 11 is 5.87. The first-order valence-electron chi connectivity index (χ1n) is 8.97. The molecule has 0 unspecified atom stereocenters. The number of nitro benzene ring substituents is 1. The van der Waals surface area contributed by atoms with Crippen molar-refractivity contribution in [2.45, 2.75) is 6.18 Å². The highest BCUT2D eigenvalue weighted by molar-refractivity contribution is 6.32. The number of nitro groups is 1. The van der Waals surface area contributed by atoms with Gasteiger partial charge in [0.05, 0.1) is 21.5 Å². The molecule has 3 aromatic carbocycles. The average molecular weight is 483 g/mol. The average Bonchev–Trinajstić information content (AvgIpc) is 2.73. The van der Waals surface area contributed by atoms with Crippen molar-refractivity contribution in [3.05, 3.63) is 81.4 Å². The van der Waals surface area contributed by atoms with Crippen LogP contribution in [0.3, 0.4) is 0 Å². The lowest BCUT2D eigenvalue weighted by atomic mass is 10.2. The first kappa shape index (κ1) is 23.7. The van der Waals surface area contributed by atoms with Crippen LogP contribution in [0.15, 0.2) is 60.7 Å². The van der Waals surface area contributed by atoms with Crippen LogP contribution >= 0.6 is 11.6 Å². The van der Waals surface area contributed by atoms with Gasteiger partial charge in [0.1, 0.15) is 18.1 Å². The minimum absolute atomic E-state index is 0.0307. The van der Waals surface area contributed by atoms with Crippen molar-refractivity contribution >= 4 is 23.3 Å². The molecule has 33 heavy (non-hydrogen) atoms. The second-order valence-electron chi connectivity index (χ2n) is 6.34. The van der Waals surface area contributed by atoms with Gasteiger partial charge in [0, 0.05) is 12.1 Å². The molecule has 0 bridgehead atoms. The van der Waals surface area contributed by atoms with Gasteiger partial charge in [0.25, 0.3) is 0 Å². The number of para-hydroxylation sites is 2. The molecule has 0 N–H and O–H groups in total.